The van der Waals surface area contributed by atoms with Crippen LogP contribution in [0.3, 0.4) is 0 Å². The van der Waals surface area contributed by atoms with Gasteiger partial charge in [0.15, 0.2) is 0 Å². The Kier molecular flexibility index (Phi) is 3.57. The highest BCUT2D eigenvalue weighted by atomic mass is 32.1. The van der Waals surface area contributed by atoms with E-state index in [1.165, 1.54) is 18.2 Å². The van der Waals surface area contributed by atoms with E-state index >= 15 is 0 Å². The summed E-state index contributed by atoms with van der Waals surface area (Å²) in [6, 6.07) is 7.84. The first kappa shape index (κ1) is 12.5. The predicted molar refractivity (Wildman–Crippen MR) is 69.4 cm³/mol. The van der Waals surface area contributed by atoms with Crippen LogP contribution in [0, 0.1) is 22.9 Å². The lowest BCUT2D eigenvalue weighted by Gasteiger charge is -2.05. The molecule has 1 heterocycles. The van der Waals surface area contributed by atoms with Gasteiger partial charge in [0.25, 0.3) is 0 Å². The fraction of sp³-hybridized carbons (Fsp3) is 0.167. The topological polar surface area (TPSA) is 55.2 Å². The van der Waals surface area contributed by atoms with Crippen molar-refractivity contribution < 1.29 is 9.31 Å². The number of hydrogen-bond acceptors (Lipinski definition) is 4. The number of nitrogens with one attached hydrogen (secondary N) is 1. The van der Waals surface area contributed by atoms with E-state index in [0.717, 1.165) is 21.8 Å². The maximum absolute atomic E-state index is 13.1. The number of halogens is 1. The van der Waals surface area contributed by atoms with Crippen LogP contribution in [0.1, 0.15) is 10.4 Å². The van der Waals surface area contributed by atoms with Gasteiger partial charge in [-0.3, -0.25) is 10.1 Å². The number of rotatable bonds is 4. The number of hydrogen-bond donors (Lipinski definition) is 1. The van der Waals surface area contributed by atoms with E-state index in [1.54, 1.807) is 6.07 Å². The lowest BCUT2D eigenvalue weighted by atomic mass is 10.2. The third-order valence-corrected chi connectivity index (χ3v) is 3.37. The lowest BCUT2D eigenvalue weighted by Crippen LogP contribution is -1.98. The van der Waals surface area contributed by atoms with Gasteiger partial charge in [-0.05, 0) is 36.8 Å². The van der Waals surface area contributed by atoms with Crippen molar-refractivity contribution in [1.82, 2.24) is 0 Å². The number of anilines is 1. The van der Waals surface area contributed by atoms with Gasteiger partial charge in [-0.25, -0.2) is 4.39 Å². The third kappa shape index (κ3) is 3.04. The molecule has 6 heteroatoms. The Bertz CT molecular complexity index is 563. The summed E-state index contributed by atoms with van der Waals surface area (Å²) in [5.74, 6) is -0.297. The number of aryl methyl sites for hydroxylation is 1. The Morgan fingerprint density at radius 3 is 2.78 bits per heavy atom. The standard InChI is InChI=1S/C12H11FN2O2S/c1-8-4-9(13)6-10(5-8)14-7-11-2-3-12(18-11)15(16)17/h2-6,14H,7H2,1H3. The first-order valence-corrected chi connectivity index (χ1v) is 6.10. The maximum Gasteiger partial charge on any atom is 0.324 e. The van der Waals surface area contributed by atoms with E-state index in [4.69, 9.17) is 0 Å². The molecular weight excluding hydrogens is 255 g/mol. The average Bonchev–Trinajstić information content (AvgIpc) is 2.73. The Balaban J connectivity index is 2.04. The van der Waals surface area contributed by atoms with Crippen molar-refractivity contribution in [3.63, 3.8) is 0 Å². The summed E-state index contributed by atoms with van der Waals surface area (Å²) < 4.78 is 13.1. The Labute approximate surface area is 107 Å². The molecule has 2 rings (SSSR count). The maximum atomic E-state index is 13.1. The summed E-state index contributed by atoms with van der Waals surface area (Å²) in [5.41, 5.74) is 1.50. The molecule has 0 radical (unpaired) electrons. The first-order chi connectivity index (χ1) is 8.54. The van der Waals surface area contributed by atoms with Crippen molar-refractivity contribution >= 4 is 22.0 Å². The van der Waals surface area contributed by atoms with Crippen molar-refractivity contribution in [2.45, 2.75) is 13.5 Å². The predicted octanol–water partition coefficient (Wildman–Crippen LogP) is 3.72. The smallest absolute Gasteiger partial charge is 0.324 e. The molecule has 0 aliphatic rings. The van der Waals surface area contributed by atoms with Gasteiger partial charge in [0.2, 0.25) is 0 Å². The summed E-state index contributed by atoms with van der Waals surface area (Å²) in [5, 5.41) is 13.7. The average molecular weight is 266 g/mol. The molecule has 0 aliphatic heterocycles. The molecule has 1 N–H and O–H groups in total. The van der Waals surface area contributed by atoms with Crippen LogP contribution in [0.5, 0.6) is 0 Å². The van der Waals surface area contributed by atoms with Gasteiger partial charge in [0.05, 0.1) is 4.92 Å². The van der Waals surface area contributed by atoms with E-state index in [-0.39, 0.29) is 10.8 Å². The molecule has 94 valence electrons. The van der Waals surface area contributed by atoms with Gasteiger partial charge in [-0.2, -0.15) is 0 Å². The Morgan fingerprint density at radius 2 is 2.17 bits per heavy atom. The first-order valence-electron chi connectivity index (χ1n) is 5.29. The summed E-state index contributed by atoms with van der Waals surface area (Å²) in [7, 11) is 0. The van der Waals surface area contributed by atoms with Gasteiger partial charge in [-0.1, -0.05) is 11.3 Å². The van der Waals surface area contributed by atoms with E-state index in [9.17, 15) is 14.5 Å². The zero-order valence-corrected chi connectivity index (χ0v) is 10.5. The zero-order chi connectivity index (χ0) is 13.1. The highest BCUT2D eigenvalue weighted by Crippen LogP contribution is 2.24. The van der Waals surface area contributed by atoms with Crippen LogP contribution >= 0.6 is 11.3 Å². The molecule has 0 atom stereocenters. The van der Waals surface area contributed by atoms with E-state index in [1.807, 2.05) is 13.0 Å². The van der Waals surface area contributed by atoms with Gasteiger partial charge >= 0.3 is 5.00 Å². The number of nitrogens with zero attached hydrogens (tertiary/aromatic N) is 1. The molecule has 0 amide bonds. The zero-order valence-electron chi connectivity index (χ0n) is 9.64. The minimum absolute atomic E-state index is 0.113. The molecule has 4 nitrogen and oxygen atoms in total. The summed E-state index contributed by atoms with van der Waals surface area (Å²) in [6.45, 7) is 2.26. The second kappa shape index (κ2) is 5.14. The minimum atomic E-state index is -0.416. The molecule has 0 saturated heterocycles. The van der Waals surface area contributed by atoms with Crippen molar-refractivity contribution in [3.05, 3.63) is 56.7 Å². The van der Waals surface area contributed by atoms with Crippen molar-refractivity contribution in [3.8, 4) is 0 Å². The number of nitro groups is 1. The van der Waals surface area contributed by atoms with E-state index < -0.39 is 4.92 Å². The molecule has 2 aromatic rings. The van der Waals surface area contributed by atoms with Gasteiger partial charge in [0.1, 0.15) is 5.82 Å². The third-order valence-electron chi connectivity index (χ3n) is 2.34. The van der Waals surface area contributed by atoms with Gasteiger partial charge in [0, 0.05) is 23.2 Å². The summed E-state index contributed by atoms with van der Waals surface area (Å²) in [6.07, 6.45) is 0. The van der Waals surface area contributed by atoms with Crippen LogP contribution in [0.2, 0.25) is 0 Å². The highest BCUT2D eigenvalue weighted by molar-refractivity contribution is 7.15. The normalized spacial score (nSPS) is 10.3. The molecule has 18 heavy (non-hydrogen) atoms. The molecule has 1 aromatic heterocycles. The summed E-state index contributed by atoms with van der Waals surface area (Å²) in [4.78, 5) is 10.9. The van der Waals surface area contributed by atoms with Crippen molar-refractivity contribution in [1.29, 1.82) is 0 Å². The molecule has 1 aromatic carbocycles. The van der Waals surface area contributed by atoms with E-state index in [0.29, 0.717) is 12.2 Å². The van der Waals surface area contributed by atoms with Gasteiger partial charge < -0.3 is 5.32 Å². The molecule has 0 saturated carbocycles. The van der Waals surface area contributed by atoms with Crippen molar-refractivity contribution in [2.75, 3.05) is 5.32 Å². The van der Waals surface area contributed by atoms with Crippen LogP contribution in [0.4, 0.5) is 15.1 Å². The van der Waals surface area contributed by atoms with Crippen molar-refractivity contribution in [2.24, 2.45) is 0 Å². The molecule has 0 bridgehead atoms. The monoisotopic (exact) mass is 266 g/mol. The second-order valence-corrected chi connectivity index (χ2v) is 5.01. The Hall–Kier alpha value is -1.95. The molecule has 0 aliphatic carbocycles. The summed E-state index contributed by atoms with van der Waals surface area (Å²) >= 11 is 1.11. The van der Waals surface area contributed by atoms with Crippen LogP contribution in [0.25, 0.3) is 0 Å². The fourth-order valence-electron chi connectivity index (χ4n) is 1.59. The number of benzene rings is 1. The van der Waals surface area contributed by atoms with Crippen LogP contribution < -0.4 is 5.32 Å². The van der Waals surface area contributed by atoms with E-state index in [2.05, 4.69) is 5.32 Å². The molecule has 0 fully saturated rings. The largest absolute Gasteiger partial charge is 0.380 e. The SMILES string of the molecule is Cc1cc(F)cc(NCc2ccc([N+](=O)[O-])s2)c1. The molecule has 0 spiro atoms. The van der Waals surface area contributed by atoms with Crippen LogP contribution in [-0.4, -0.2) is 4.92 Å². The van der Waals surface area contributed by atoms with Crippen LogP contribution in [0.15, 0.2) is 30.3 Å². The Morgan fingerprint density at radius 1 is 1.39 bits per heavy atom. The van der Waals surface area contributed by atoms with Crippen LogP contribution in [-0.2, 0) is 6.54 Å². The minimum Gasteiger partial charge on any atom is -0.380 e. The molecule has 0 unspecified atom stereocenters. The second-order valence-electron chi connectivity index (χ2n) is 3.87. The lowest BCUT2D eigenvalue weighted by molar-refractivity contribution is -0.380. The number of thiophene rings is 1. The fourth-order valence-corrected chi connectivity index (χ4v) is 2.35. The van der Waals surface area contributed by atoms with Gasteiger partial charge in [-0.15, -0.1) is 0 Å². The highest BCUT2D eigenvalue weighted by Gasteiger charge is 2.09. The quantitative estimate of drug-likeness (QED) is 0.678. The molecular formula is C12H11FN2O2S.